The van der Waals surface area contributed by atoms with E-state index in [1.54, 1.807) is 0 Å². The van der Waals surface area contributed by atoms with Crippen LogP contribution >= 0.6 is 0 Å². The third-order valence-electron chi connectivity index (χ3n) is 2.36. The summed E-state index contributed by atoms with van der Waals surface area (Å²) in [4.78, 5) is 0. The fourth-order valence-corrected chi connectivity index (χ4v) is 1.33. The lowest BCUT2D eigenvalue weighted by Gasteiger charge is -2.13. The molecular weight excluding hydrogens is 186 g/mol. The highest BCUT2D eigenvalue weighted by molar-refractivity contribution is 5.18. The van der Waals surface area contributed by atoms with Crippen LogP contribution in [-0.4, -0.2) is 13.2 Å². The van der Waals surface area contributed by atoms with Crippen LogP contribution < -0.4 is 5.73 Å². The summed E-state index contributed by atoms with van der Waals surface area (Å²) < 4.78 is 5.54. The Hall–Kier alpha value is -0.860. The van der Waals surface area contributed by atoms with E-state index in [2.05, 4.69) is 13.8 Å². The first kappa shape index (κ1) is 12.2. The van der Waals surface area contributed by atoms with Crippen molar-refractivity contribution in [2.75, 3.05) is 13.2 Å². The lowest BCUT2D eigenvalue weighted by atomic mass is 10.1. The topological polar surface area (TPSA) is 35.2 Å². The van der Waals surface area contributed by atoms with E-state index in [9.17, 15) is 0 Å². The molecule has 1 atom stereocenters. The zero-order valence-corrected chi connectivity index (χ0v) is 9.65. The van der Waals surface area contributed by atoms with Crippen molar-refractivity contribution < 1.29 is 4.74 Å². The highest BCUT2D eigenvalue weighted by Crippen LogP contribution is 2.10. The Morgan fingerprint density at radius 2 is 1.87 bits per heavy atom. The molecule has 2 N–H and O–H groups in total. The smallest absolute Gasteiger partial charge is 0.0659 e. The second kappa shape index (κ2) is 6.59. The van der Waals surface area contributed by atoms with Crippen molar-refractivity contribution in [1.82, 2.24) is 0 Å². The molecule has 2 nitrogen and oxygen atoms in total. The Morgan fingerprint density at radius 3 is 2.47 bits per heavy atom. The minimum atomic E-state index is -0.00152. The first-order chi connectivity index (χ1) is 7.20. The molecule has 15 heavy (non-hydrogen) atoms. The number of rotatable bonds is 6. The predicted octanol–water partition coefficient (Wildman–Crippen LogP) is 2.75. The van der Waals surface area contributed by atoms with E-state index in [0.29, 0.717) is 12.5 Å². The summed E-state index contributed by atoms with van der Waals surface area (Å²) in [7, 11) is 0. The van der Waals surface area contributed by atoms with Crippen molar-refractivity contribution in [3.05, 3.63) is 35.9 Å². The van der Waals surface area contributed by atoms with Crippen LogP contribution in [0.4, 0.5) is 0 Å². The van der Waals surface area contributed by atoms with Crippen LogP contribution in [0, 0.1) is 5.92 Å². The highest BCUT2D eigenvalue weighted by atomic mass is 16.5. The van der Waals surface area contributed by atoms with Gasteiger partial charge in [-0.2, -0.15) is 0 Å². The lowest BCUT2D eigenvalue weighted by molar-refractivity contribution is 0.111. The molecule has 0 saturated heterocycles. The van der Waals surface area contributed by atoms with Crippen LogP contribution in [0.3, 0.4) is 0 Å². The van der Waals surface area contributed by atoms with E-state index in [1.807, 2.05) is 30.3 Å². The zero-order valence-electron chi connectivity index (χ0n) is 9.65. The lowest BCUT2D eigenvalue weighted by Crippen LogP contribution is -2.17. The minimum absolute atomic E-state index is 0.00152. The van der Waals surface area contributed by atoms with E-state index in [0.717, 1.165) is 18.6 Å². The van der Waals surface area contributed by atoms with Gasteiger partial charge in [0.1, 0.15) is 0 Å². The molecule has 0 aliphatic heterocycles. The number of hydrogen-bond acceptors (Lipinski definition) is 2. The van der Waals surface area contributed by atoms with Crippen LogP contribution in [0.5, 0.6) is 0 Å². The second-order valence-corrected chi connectivity index (χ2v) is 4.27. The van der Waals surface area contributed by atoms with Crippen molar-refractivity contribution in [2.24, 2.45) is 11.7 Å². The van der Waals surface area contributed by atoms with Crippen LogP contribution in [0.2, 0.25) is 0 Å². The van der Waals surface area contributed by atoms with Crippen molar-refractivity contribution in [2.45, 2.75) is 26.3 Å². The van der Waals surface area contributed by atoms with E-state index in [4.69, 9.17) is 10.5 Å². The third-order valence-corrected chi connectivity index (χ3v) is 2.36. The van der Waals surface area contributed by atoms with E-state index in [-0.39, 0.29) is 6.04 Å². The van der Waals surface area contributed by atoms with Crippen molar-refractivity contribution in [3.63, 3.8) is 0 Å². The molecule has 2 heteroatoms. The summed E-state index contributed by atoms with van der Waals surface area (Å²) in [5.41, 5.74) is 7.13. The summed E-state index contributed by atoms with van der Waals surface area (Å²) in [5.74, 6) is 0.693. The molecule has 0 heterocycles. The maximum atomic E-state index is 5.99. The summed E-state index contributed by atoms with van der Waals surface area (Å²) >= 11 is 0. The molecule has 84 valence electrons. The van der Waals surface area contributed by atoms with Gasteiger partial charge in [0, 0.05) is 6.61 Å². The third kappa shape index (κ3) is 4.96. The average Bonchev–Trinajstić information content (AvgIpc) is 2.25. The molecule has 1 aromatic rings. The monoisotopic (exact) mass is 207 g/mol. The van der Waals surface area contributed by atoms with E-state index in [1.165, 1.54) is 0 Å². The molecule has 0 spiro atoms. The number of hydrogen-bond donors (Lipinski definition) is 1. The van der Waals surface area contributed by atoms with Crippen LogP contribution in [0.15, 0.2) is 30.3 Å². The summed E-state index contributed by atoms with van der Waals surface area (Å²) in [6, 6.07) is 10.1. The fourth-order valence-electron chi connectivity index (χ4n) is 1.33. The molecule has 0 amide bonds. The van der Waals surface area contributed by atoms with Gasteiger partial charge in [0.25, 0.3) is 0 Å². The molecule has 0 aliphatic carbocycles. The molecule has 0 saturated carbocycles. The molecule has 0 bridgehead atoms. The molecule has 0 aromatic heterocycles. The van der Waals surface area contributed by atoms with E-state index < -0.39 is 0 Å². The average molecular weight is 207 g/mol. The molecule has 0 radical (unpaired) electrons. The summed E-state index contributed by atoms with van der Waals surface area (Å²) in [6.07, 6.45) is 1.10. The zero-order chi connectivity index (χ0) is 11.1. The Kier molecular flexibility index (Phi) is 5.37. The maximum absolute atomic E-state index is 5.99. The van der Waals surface area contributed by atoms with Crippen molar-refractivity contribution in [3.8, 4) is 0 Å². The van der Waals surface area contributed by atoms with Gasteiger partial charge < -0.3 is 10.5 Å². The Bertz CT molecular complexity index is 258. The first-order valence-electron chi connectivity index (χ1n) is 5.58. The van der Waals surface area contributed by atoms with Crippen LogP contribution in [0.1, 0.15) is 31.9 Å². The molecule has 0 aliphatic rings. The van der Waals surface area contributed by atoms with Gasteiger partial charge in [-0.1, -0.05) is 44.2 Å². The number of benzene rings is 1. The molecule has 1 rings (SSSR count). The van der Waals surface area contributed by atoms with Gasteiger partial charge in [-0.05, 0) is 17.9 Å². The largest absolute Gasteiger partial charge is 0.379 e. The Labute approximate surface area is 92.4 Å². The number of ether oxygens (including phenoxy) is 1. The van der Waals surface area contributed by atoms with Gasteiger partial charge in [0.05, 0.1) is 12.6 Å². The van der Waals surface area contributed by atoms with Gasteiger partial charge in [-0.15, -0.1) is 0 Å². The quantitative estimate of drug-likeness (QED) is 0.728. The molecular formula is C13H21NO. The standard InChI is InChI=1S/C13H21NO/c1-11(2)8-9-15-10-13(14)12-6-4-3-5-7-12/h3-7,11,13H,8-10,14H2,1-2H3. The Balaban J connectivity index is 2.22. The van der Waals surface area contributed by atoms with Gasteiger partial charge >= 0.3 is 0 Å². The van der Waals surface area contributed by atoms with Gasteiger partial charge in [-0.25, -0.2) is 0 Å². The van der Waals surface area contributed by atoms with Gasteiger partial charge in [0.15, 0.2) is 0 Å². The highest BCUT2D eigenvalue weighted by Gasteiger charge is 2.04. The molecule has 1 aromatic carbocycles. The SMILES string of the molecule is CC(C)CCOCC(N)c1ccccc1. The second-order valence-electron chi connectivity index (χ2n) is 4.27. The molecule has 1 unspecified atom stereocenters. The molecule has 0 fully saturated rings. The van der Waals surface area contributed by atoms with Crippen LogP contribution in [-0.2, 0) is 4.74 Å². The normalized spacial score (nSPS) is 13.1. The van der Waals surface area contributed by atoms with E-state index >= 15 is 0 Å². The van der Waals surface area contributed by atoms with Crippen molar-refractivity contribution in [1.29, 1.82) is 0 Å². The summed E-state index contributed by atoms with van der Waals surface area (Å²) in [6.45, 7) is 5.80. The van der Waals surface area contributed by atoms with Gasteiger partial charge in [0.2, 0.25) is 0 Å². The fraction of sp³-hybridized carbons (Fsp3) is 0.538. The van der Waals surface area contributed by atoms with Crippen LogP contribution in [0.25, 0.3) is 0 Å². The van der Waals surface area contributed by atoms with Crippen molar-refractivity contribution >= 4 is 0 Å². The first-order valence-corrected chi connectivity index (χ1v) is 5.58. The minimum Gasteiger partial charge on any atom is -0.379 e. The van der Waals surface area contributed by atoms with Gasteiger partial charge in [-0.3, -0.25) is 0 Å². The Morgan fingerprint density at radius 1 is 1.20 bits per heavy atom. The maximum Gasteiger partial charge on any atom is 0.0659 e. The number of nitrogens with two attached hydrogens (primary N) is 1. The predicted molar refractivity (Wildman–Crippen MR) is 63.6 cm³/mol. The summed E-state index contributed by atoms with van der Waals surface area (Å²) in [5, 5.41) is 0.